The number of anilines is 2. The van der Waals surface area contributed by atoms with Crippen molar-refractivity contribution in [2.75, 3.05) is 29.9 Å². The first-order chi connectivity index (χ1) is 16.3. The summed E-state index contributed by atoms with van der Waals surface area (Å²) in [6, 6.07) is 18.5. The molecule has 1 N–H and O–H groups in total. The van der Waals surface area contributed by atoms with Gasteiger partial charge in [-0.05, 0) is 61.5 Å². The van der Waals surface area contributed by atoms with Gasteiger partial charge >= 0.3 is 5.97 Å². The van der Waals surface area contributed by atoms with Crippen LogP contribution >= 0.6 is 11.6 Å². The van der Waals surface area contributed by atoms with E-state index in [1.165, 1.54) is 49.6 Å². The third kappa shape index (κ3) is 5.86. The molecule has 178 valence electrons. The van der Waals surface area contributed by atoms with E-state index in [9.17, 15) is 18.0 Å². The number of benzene rings is 3. The fourth-order valence-corrected chi connectivity index (χ4v) is 4.70. The quantitative estimate of drug-likeness (QED) is 0.436. The van der Waals surface area contributed by atoms with Crippen molar-refractivity contribution in [3.05, 3.63) is 83.4 Å². The largest absolute Gasteiger partial charge is 0.497 e. The number of para-hydroxylation sites is 1. The van der Waals surface area contributed by atoms with E-state index < -0.39 is 28.4 Å². The fraction of sp³-hybridized carbons (Fsp3) is 0.167. The molecular formula is C24H23ClN2O6S. The Labute approximate surface area is 203 Å². The lowest BCUT2D eigenvalue weighted by molar-refractivity contribution is -0.114. The Hall–Kier alpha value is -3.56. The van der Waals surface area contributed by atoms with Gasteiger partial charge in [0.25, 0.3) is 10.0 Å². The Kier molecular flexibility index (Phi) is 8.14. The van der Waals surface area contributed by atoms with Crippen LogP contribution < -0.4 is 14.4 Å². The average Bonchev–Trinajstić information content (AvgIpc) is 2.84. The molecule has 10 heteroatoms. The minimum atomic E-state index is -4.08. The maximum absolute atomic E-state index is 13.4. The van der Waals surface area contributed by atoms with Crippen LogP contribution in [0.5, 0.6) is 5.75 Å². The third-order valence-electron chi connectivity index (χ3n) is 4.72. The maximum atomic E-state index is 13.4. The van der Waals surface area contributed by atoms with Gasteiger partial charge in [-0.2, -0.15) is 0 Å². The second kappa shape index (κ2) is 11.0. The van der Waals surface area contributed by atoms with E-state index >= 15 is 0 Å². The Morgan fingerprint density at radius 3 is 2.29 bits per heavy atom. The molecule has 0 heterocycles. The number of ether oxygens (including phenoxy) is 2. The predicted octanol–water partition coefficient (Wildman–Crippen LogP) is 4.36. The Balaban J connectivity index is 1.88. The molecular weight excluding hydrogens is 480 g/mol. The van der Waals surface area contributed by atoms with Gasteiger partial charge in [-0.25, -0.2) is 13.2 Å². The minimum Gasteiger partial charge on any atom is -0.497 e. The number of rotatable bonds is 9. The van der Waals surface area contributed by atoms with E-state index in [4.69, 9.17) is 21.1 Å². The Morgan fingerprint density at radius 1 is 1.00 bits per heavy atom. The van der Waals surface area contributed by atoms with E-state index in [0.717, 1.165) is 4.31 Å². The topological polar surface area (TPSA) is 102 Å². The molecule has 0 atom stereocenters. The molecule has 1 amide bonds. The second-order valence-electron chi connectivity index (χ2n) is 6.99. The standard InChI is InChI=1S/C24H23ClN2O6S/c1-3-33-24(29)21-15-17(9-14-22(21)25)26-23(28)16-27(18-7-5-4-6-8-18)34(30,31)20-12-10-19(32-2)11-13-20/h4-15H,3,16H2,1-2H3,(H,26,28). The average molecular weight is 503 g/mol. The van der Waals surface area contributed by atoms with Crippen LogP contribution in [-0.4, -0.2) is 40.6 Å². The van der Waals surface area contributed by atoms with Crippen LogP contribution in [0.4, 0.5) is 11.4 Å². The summed E-state index contributed by atoms with van der Waals surface area (Å²) in [5, 5.41) is 2.79. The van der Waals surface area contributed by atoms with Crippen LogP contribution in [0.25, 0.3) is 0 Å². The highest BCUT2D eigenvalue weighted by Crippen LogP contribution is 2.26. The van der Waals surface area contributed by atoms with Gasteiger partial charge in [-0.3, -0.25) is 9.10 Å². The number of sulfonamides is 1. The lowest BCUT2D eigenvalue weighted by Crippen LogP contribution is -2.38. The molecule has 0 aliphatic rings. The fourth-order valence-electron chi connectivity index (χ4n) is 3.08. The number of methoxy groups -OCH3 is 1. The third-order valence-corrected chi connectivity index (χ3v) is 6.84. The zero-order chi connectivity index (χ0) is 24.7. The van der Waals surface area contributed by atoms with Crippen molar-refractivity contribution in [2.45, 2.75) is 11.8 Å². The van der Waals surface area contributed by atoms with Gasteiger partial charge in [0.15, 0.2) is 0 Å². The molecule has 0 aromatic heterocycles. The van der Waals surface area contributed by atoms with Crippen molar-refractivity contribution >= 4 is 44.9 Å². The number of esters is 1. The Morgan fingerprint density at radius 2 is 1.68 bits per heavy atom. The molecule has 3 rings (SSSR count). The van der Waals surface area contributed by atoms with E-state index in [-0.39, 0.29) is 27.8 Å². The summed E-state index contributed by atoms with van der Waals surface area (Å²) >= 11 is 6.07. The number of carbonyl (C=O) groups is 2. The first-order valence-electron chi connectivity index (χ1n) is 10.2. The molecule has 0 unspecified atom stereocenters. The van der Waals surface area contributed by atoms with Crippen LogP contribution in [0, 0.1) is 0 Å². The lowest BCUT2D eigenvalue weighted by Gasteiger charge is -2.24. The number of halogens is 1. The summed E-state index contributed by atoms with van der Waals surface area (Å²) in [7, 11) is -2.60. The van der Waals surface area contributed by atoms with Crippen molar-refractivity contribution < 1.29 is 27.5 Å². The number of nitrogens with one attached hydrogen (secondary N) is 1. The second-order valence-corrected chi connectivity index (χ2v) is 9.26. The highest BCUT2D eigenvalue weighted by molar-refractivity contribution is 7.92. The summed E-state index contributed by atoms with van der Waals surface area (Å²) in [5.74, 6) is -0.738. The molecule has 3 aromatic carbocycles. The highest BCUT2D eigenvalue weighted by Gasteiger charge is 2.27. The summed E-state index contributed by atoms with van der Waals surface area (Å²) in [6.45, 7) is 1.33. The smallest absolute Gasteiger partial charge is 0.339 e. The monoisotopic (exact) mass is 502 g/mol. The minimum absolute atomic E-state index is 0.000966. The number of carbonyl (C=O) groups excluding carboxylic acids is 2. The van der Waals surface area contributed by atoms with Gasteiger partial charge in [0.05, 0.1) is 34.9 Å². The molecule has 0 fully saturated rings. The number of amides is 1. The predicted molar refractivity (Wildman–Crippen MR) is 130 cm³/mol. The van der Waals surface area contributed by atoms with Crippen LogP contribution in [0.1, 0.15) is 17.3 Å². The van der Waals surface area contributed by atoms with E-state index in [1.807, 2.05) is 0 Å². The molecule has 0 bridgehead atoms. The van der Waals surface area contributed by atoms with Crippen LogP contribution in [0.15, 0.2) is 77.7 Å². The maximum Gasteiger partial charge on any atom is 0.339 e. The summed E-state index contributed by atoms with van der Waals surface area (Å²) in [4.78, 5) is 25.0. The molecule has 0 aliphatic heterocycles. The van der Waals surface area contributed by atoms with Gasteiger partial charge in [-0.1, -0.05) is 29.8 Å². The lowest BCUT2D eigenvalue weighted by atomic mass is 10.2. The number of hydrogen-bond acceptors (Lipinski definition) is 6. The molecule has 0 radical (unpaired) electrons. The van der Waals surface area contributed by atoms with Crippen molar-refractivity contribution in [1.29, 1.82) is 0 Å². The number of hydrogen-bond donors (Lipinski definition) is 1. The van der Waals surface area contributed by atoms with Crippen molar-refractivity contribution in [2.24, 2.45) is 0 Å². The molecule has 8 nitrogen and oxygen atoms in total. The van der Waals surface area contributed by atoms with Gasteiger partial charge in [0, 0.05) is 5.69 Å². The Bertz CT molecular complexity index is 1260. The summed E-state index contributed by atoms with van der Waals surface area (Å²) in [6.07, 6.45) is 0. The van der Waals surface area contributed by atoms with Crippen molar-refractivity contribution in [3.8, 4) is 5.75 Å². The van der Waals surface area contributed by atoms with Crippen LogP contribution in [0.2, 0.25) is 5.02 Å². The number of nitrogens with zero attached hydrogens (tertiary/aromatic N) is 1. The zero-order valence-corrected chi connectivity index (χ0v) is 20.1. The zero-order valence-electron chi connectivity index (χ0n) is 18.5. The van der Waals surface area contributed by atoms with Gasteiger partial charge in [0.2, 0.25) is 5.91 Å². The first kappa shape index (κ1) is 25.1. The molecule has 0 spiro atoms. The molecule has 34 heavy (non-hydrogen) atoms. The van der Waals surface area contributed by atoms with Crippen LogP contribution in [0.3, 0.4) is 0 Å². The van der Waals surface area contributed by atoms with E-state index in [1.54, 1.807) is 37.3 Å². The van der Waals surface area contributed by atoms with Crippen molar-refractivity contribution in [3.63, 3.8) is 0 Å². The molecule has 0 saturated heterocycles. The van der Waals surface area contributed by atoms with Gasteiger partial charge in [-0.15, -0.1) is 0 Å². The highest BCUT2D eigenvalue weighted by atomic mass is 35.5. The summed E-state index contributed by atoms with van der Waals surface area (Å²) < 4.78 is 37.9. The van der Waals surface area contributed by atoms with Crippen molar-refractivity contribution in [1.82, 2.24) is 0 Å². The normalized spacial score (nSPS) is 10.9. The van der Waals surface area contributed by atoms with E-state index in [2.05, 4.69) is 5.32 Å². The van der Waals surface area contributed by atoms with Crippen LogP contribution in [-0.2, 0) is 19.6 Å². The molecule has 3 aromatic rings. The first-order valence-corrected chi connectivity index (χ1v) is 12.1. The van der Waals surface area contributed by atoms with Gasteiger partial charge in [0.1, 0.15) is 12.3 Å². The SMILES string of the molecule is CCOC(=O)c1cc(NC(=O)CN(c2ccccc2)S(=O)(=O)c2ccc(OC)cc2)ccc1Cl. The van der Waals surface area contributed by atoms with E-state index in [0.29, 0.717) is 11.4 Å². The summed E-state index contributed by atoms with van der Waals surface area (Å²) in [5.41, 5.74) is 0.677. The van der Waals surface area contributed by atoms with Gasteiger partial charge < -0.3 is 14.8 Å². The molecule has 0 saturated carbocycles. The molecule has 0 aliphatic carbocycles.